The Bertz CT molecular complexity index is 924. The van der Waals surface area contributed by atoms with E-state index < -0.39 is 5.54 Å². The average Bonchev–Trinajstić information content (AvgIpc) is 3.01. The third-order valence-electron chi connectivity index (χ3n) is 5.53. The number of aliphatic imine (C=N–C) groups is 1. The van der Waals surface area contributed by atoms with Gasteiger partial charge >= 0.3 is 0 Å². The first-order valence-electron chi connectivity index (χ1n) is 9.28. The standard InChI is InChI=1S/C24H24N2O/c1-23(19-12-6-3-7-13-19)24(2,20-14-8-4-9-15-20)26-22(25-23)18-27-21-16-10-5-11-17-21/h3-17H,18H2,1-2H3,(H,25,26)/t23-,24+. The number of nitrogens with one attached hydrogen (secondary N) is 1. The van der Waals surface area contributed by atoms with Crippen molar-refractivity contribution in [1.29, 1.82) is 0 Å². The van der Waals surface area contributed by atoms with Gasteiger partial charge in [0.05, 0.1) is 5.54 Å². The summed E-state index contributed by atoms with van der Waals surface area (Å²) in [6.07, 6.45) is 0. The van der Waals surface area contributed by atoms with Crippen molar-refractivity contribution in [3.63, 3.8) is 0 Å². The van der Waals surface area contributed by atoms with Crippen LogP contribution in [0.15, 0.2) is 96.0 Å². The summed E-state index contributed by atoms with van der Waals surface area (Å²) < 4.78 is 5.96. The van der Waals surface area contributed by atoms with Crippen molar-refractivity contribution in [2.45, 2.75) is 24.9 Å². The van der Waals surface area contributed by atoms with Crippen LogP contribution in [-0.2, 0) is 11.1 Å². The van der Waals surface area contributed by atoms with Crippen molar-refractivity contribution in [3.05, 3.63) is 102 Å². The Morgan fingerprint density at radius 2 is 1.26 bits per heavy atom. The van der Waals surface area contributed by atoms with Crippen molar-refractivity contribution in [2.75, 3.05) is 6.61 Å². The smallest absolute Gasteiger partial charge is 0.145 e. The first-order chi connectivity index (χ1) is 13.1. The van der Waals surface area contributed by atoms with E-state index >= 15 is 0 Å². The summed E-state index contributed by atoms with van der Waals surface area (Å²) in [5, 5.41) is 3.67. The van der Waals surface area contributed by atoms with Gasteiger partial charge in [0.15, 0.2) is 0 Å². The molecule has 3 nitrogen and oxygen atoms in total. The van der Waals surface area contributed by atoms with E-state index in [2.05, 4.69) is 67.7 Å². The molecule has 4 rings (SSSR count). The predicted octanol–water partition coefficient (Wildman–Crippen LogP) is 4.90. The summed E-state index contributed by atoms with van der Waals surface area (Å²) in [6, 6.07) is 30.8. The zero-order chi connectivity index (χ0) is 18.7. The zero-order valence-electron chi connectivity index (χ0n) is 15.7. The highest BCUT2D eigenvalue weighted by molar-refractivity contribution is 5.88. The van der Waals surface area contributed by atoms with Gasteiger partial charge in [-0.05, 0) is 37.1 Å². The Morgan fingerprint density at radius 3 is 1.85 bits per heavy atom. The highest BCUT2D eigenvalue weighted by Crippen LogP contribution is 2.46. The van der Waals surface area contributed by atoms with E-state index in [9.17, 15) is 0 Å². The first kappa shape index (κ1) is 17.3. The molecule has 2 atom stereocenters. The van der Waals surface area contributed by atoms with E-state index in [0.29, 0.717) is 6.61 Å². The minimum absolute atomic E-state index is 0.370. The van der Waals surface area contributed by atoms with Crippen LogP contribution in [0.3, 0.4) is 0 Å². The third-order valence-corrected chi connectivity index (χ3v) is 5.53. The summed E-state index contributed by atoms with van der Waals surface area (Å²) in [4.78, 5) is 5.12. The molecule has 0 radical (unpaired) electrons. The number of hydrogen-bond acceptors (Lipinski definition) is 3. The molecule has 1 heterocycles. The summed E-state index contributed by atoms with van der Waals surface area (Å²) in [5.74, 6) is 1.70. The van der Waals surface area contributed by atoms with Gasteiger partial charge in [0.1, 0.15) is 23.7 Å². The average molecular weight is 356 g/mol. The quantitative estimate of drug-likeness (QED) is 0.705. The molecule has 0 saturated heterocycles. The Morgan fingerprint density at radius 1 is 0.741 bits per heavy atom. The van der Waals surface area contributed by atoms with Gasteiger partial charge < -0.3 is 10.1 Å². The Labute approximate surface area is 160 Å². The van der Waals surface area contributed by atoms with Gasteiger partial charge in [0.2, 0.25) is 0 Å². The summed E-state index contributed by atoms with van der Waals surface area (Å²) in [6.45, 7) is 4.82. The maximum Gasteiger partial charge on any atom is 0.145 e. The Balaban J connectivity index is 1.70. The largest absolute Gasteiger partial charge is 0.486 e. The lowest BCUT2D eigenvalue weighted by Gasteiger charge is -2.40. The molecule has 0 aromatic heterocycles. The Kier molecular flexibility index (Phi) is 4.44. The molecule has 0 bridgehead atoms. The van der Waals surface area contributed by atoms with Gasteiger partial charge in [-0.3, -0.25) is 4.99 Å². The number of benzene rings is 3. The molecule has 27 heavy (non-hydrogen) atoms. The SMILES string of the molecule is C[C@@]1(c2ccccc2)N=C(COc2ccccc2)N[C@]1(C)c1ccccc1. The Hall–Kier alpha value is -3.07. The predicted molar refractivity (Wildman–Crippen MR) is 110 cm³/mol. The van der Waals surface area contributed by atoms with Crippen molar-refractivity contribution in [1.82, 2.24) is 5.32 Å². The van der Waals surface area contributed by atoms with Gasteiger partial charge in [-0.25, -0.2) is 0 Å². The van der Waals surface area contributed by atoms with E-state index in [1.165, 1.54) is 11.1 Å². The molecule has 0 amide bonds. The van der Waals surface area contributed by atoms with Crippen molar-refractivity contribution >= 4 is 5.84 Å². The van der Waals surface area contributed by atoms with Gasteiger partial charge in [-0.15, -0.1) is 0 Å². The summed E-state index contributed by atoms with van der Waals surface area (Å²) >= 11 is 0. The maximum atomic E-state index is 5.96. The van der Waals surface area contributed by atoms with E-state index in [-0.39, 0.29) is 5.54 Å². The van der Waals surface area contributed by atoms with Crippen molar-refractivity contribution in [2.24, 2.45) is 4.99 Å². The van der Waals surface area contributed by atoms with Crippen LogP contribution in [0.1, 0.15) is 25.0 Å². The van der Waals surface area contributed by atoms with Crippen LogP contribution >= 0.6 is 0 Å². The first-order valence-corrected chi connectivity index (χ1v) is 9.28. The second-order valence-electron chi connectivity index (χ2n) is 7.21. The zero-order valence-corrected chi connectivity index (χ0v) is 15.7. The third kappa shape index (κ3) is 3.10. The van der Waals surface area contributed by atoms with E-state index in [4.69, 9.17) is 9.73 Å². The molecular weight excluding hydrogens is 332 g/mol. The van der Waals surface area contributed by atoms with Crippen molar-refractivity contribution in [3.8, 4) is 5.75 Å². The molecule has 0 unspecified atom stereocenters. The minimum atomic E-state index is -0.439. The number of hydrogen-bond donors (Lipinski definition) is 1. The topological polar surface area (TPSA) is 33.6 Å². The van der Waals surface area contributed by atoms with Crippen LogP contribution in [0.4, 0.5) is 0 Å². The van der Waals surface area contributed by atoms with Crippen LogP contribution in [0.2, 0.25) is 0 Å². The molecule has 3 aromatic carbocycles. The molecule has 136 valence electrons. The number of para-hydroxylation sites is 1. The molecule has 3 heteroatoms. The number of ether oxygens (including phenoxy) is 1. The van der Waals surface area contributed by atoms with Crippen LogP contribution in [0.25, 0.3) is 0 Å². The molecule has 0 aliphatic carbocycles. The highest BCUT2D eigenvalue weighted by Gasteiger charge is 2.52. The lowest BCUT2D eigenvalue weighted by molar-refractivity contribution is 0.267. The lowest BCUT2D eigenvalue weighted by atomic mass is 9.72. The van der Waals surface area contributed by atoms with Gasteiger partial charge in [-0.1, -0.05) is 78.9 Å². The fraction of sp³-hybridized carbons (Fsp3) is 0.208. The molecule has 1 N–H and O–H groups in total. The van der Waals surface area contributed by atoms with E-state index in [0.717, 1.165) is 11.6 Å². The number of rotatable bonds is 5. The lowest BCUT2D eigenvalue weighted by Crippen LogP contribution is -2.50. The molecule has 3 aromatic rings. The van der Waals surface area contributed by atoms with Crippen molar-refractivity contribution < 1.29 is 4.74 Å². The molecule has 0 fully saturated rings. The summed E-state index contributed by atoms with van der Waals surface area (Å²) in [7, 11) is 0. The minimum Gasteiger partial charge on any atom is -0.486 e. The van der Waals surface area contributed by atoms with Gasteiger partial charge in [0, 0.05) is 0 Å². The van der Waals surface area contributed by atoms with Crippen LogP contribution in [0, 0.1) is 0 Å². The van der Waals surface area contributed by atoms with Crippen LogP contribution < -0.4 is 10.1 Å². The molecule has 0 saturated carbocycles. The van der Waals surface area contributed by atoms with Crippen LogP contribution in [0.5, 0.6) is 5.75 Å². The normalized spacial score (nSPS) is 24.1. The van der Waals surface area contributed by atoms with Gasteiger partial charge in [0.25, 0.3) is 0 Å². The fourth-order valence-corrected chi connectivity index (χ4v) is 3.80. The molecule has 1 aliphatic heterocycles. The van der Waals surface area contributed by atoms with E-state index in [1.807, 2.05) is 42.5 Å². The molecule has 0 spiro atoms. The highest BCUT2D eigenvalue weighted by atomic mass is 16.5. The second-order valence-corrected chi connectivity index (χ2v) is 7.21. The monoisotopic (exact) mass is 356 g/mol. The molecule has 1 aliphatic rings. The van der Waals surface area contributed by atoms with E-state index in [1.54, 1.807) is 0 Å². The fourth-order valence-electron chi connectivity index (χ4n) is 3.80. The van der Waals surface area contributed by atoms with Crippen LogP contribution in [-0.4, -0.2) is 12.4 Å². The second kappa shape index (κ2) is 6.92. The maximum absolute atomic E-state index is 5.96. The number of nitrogens with zero attached hydrogens (tertiary/aromatic N) is 1. The number of amidine groups is 1. The molecular formula is C24H24N2O. The van der Waals surface area contributed by atoms with Gasteiger partial charge in [-0.2, -0.15) is 0 Å². The summed E-state index contributed by atoms with van der Waals surface area (Å²) in [5.41, 5.74) is 1.57.